The number of benzene rings is 2. The Hall–Kier alpha value is -1.09. The SMILES string of the molecule is CCCNC(c1ccc(F)cc1C)c1c(Cl)cccc1Cl. The predicted molar refractivity (Wildman–Crippen MR) is 87.7 cm³/mol. The van der Waals surface area contributed by atoms with E-state index in [9.17, 15) is 4.39 Å². The zero-order valence-corrected chi connectivity index (χ0v) is 13.6. The standard InChI is InChI=1S/C17H18Cl2FN/c1-3-9-21-17(13-8-7-12(20)10-11(13)2)16-14(18)5-4-6-15(16)19/h4-8,10,17,21H,3,9H2,1-2H3. The molecule has 1 atom stereocenters. The summed E-state index contributed by atoms with van der Waals surface area (Å²) in [5, 5.41) is 4.67. The highest BCUT2D eigenvalue weighted by atomic mass is 35.5. The molecular formula is C17H18Cl2FN. The van der Waals surface area contributed by atoms with Crippen molar-refractivity contribution in [2.75, 3.05) is 6.54 Å². The Morgan fingerprint density at radius 2 is 1.81 bits per heavy atom. The zero-order chi connectivity index (χ0) is 15.4. The fraction of sp³-hybridized carbons (Fsp3) is 0.294. The lowest BCUT2D eigenvalue weighted by molar-refractivity contribution is 0.590. The van der Waals surface area contributed by atoms with Crippen molar-refractivity contribution in [3.05, 3.63) is 69.0 Å². The summed E-state index contributed by atoms with van der Waals surface area (Å²) in [6.07, 6.45) is 0.985. The molecule has 0 amide bonds. The number of rotatable bonds is 5. The molecule has 1 N–H and O–H groups in total. The van der Waals surface area contributed by atoms with Gasteiger partial charge in [0.2, 0.25) is 0 Å². The Kier molecular flexibility index (Phi) is 5.63. The van der Waals surface area contributed by atoms with Crippen LogP contribution in [0.25, 0.3) is 0 Å². The van der Waals surface area contributed by atoms with Gasteiger partial charge in [0.25, 0.3) is 0 Å². The molecule has 0 radical (unpaired) electrons. The third-order valence-corrected chi connectivity index (χ3v) is 4.09. The smallest absolute Gasteiger partial charge is 0.123 e. The Morgan fingerprint density at radius 3 is 2.38 bits per heavy atom. The van der Waals surface area contributed by atoms with Gasteiger partial charge in [-0.1, -0.05) is 42.3 Å². The molecule has 0 saturated heterocycles. The fourth-order valence-electron chi connectivity index (χ4n) is 2.41. The molecule has 0 aromatic heterocycles. The Balaban J connectivity index is 2.52. The number of hydrogen-bond donors (Lipinski definition) is 1. The zero-order valence-electron chi connectivity index (χ0n) is 12.1. The van der Waals surface area contributed by atoms with Crippen molar-refractivity contribution in [1.29, 1.82) is 0 Å². The van der Waals surface area contributed by atoms with Crippen LogP contribution in [0.2, 0.25) is 10.0 Å². The topological polar surface area (TPSA) is 12.0 Å². The van der Waals surface area contributed by atoms with Crippen molar-refractivity contribution >= 4 is 23.2 Å². The molecule has 0 spiro atoms. The lowest BCUT2D eigenvalue weighted by Crippen LogP contribution is -2.24. The summed E-state index contributed by atoms with van der Waals surface area (Å²) < 4.78 is 13.4. The van der Waals surface area contributed by atoms with Crippen LogP contribution in [0.3, 0.4) is 0 Å². The first-order valence-electron chi connectivity index (χ1n) is 6.98. The minimum atomic E-state index is -0.240. The van der Waals surface area contributed by atoms with Crippen molar-refractivity contribution in [1.82, 2.24) is 5.32 Å². The lowest BCUT2D eigenvalue weighted by atomic mass is 9.94. The van der Waals surface area contributed by atoms with Crippen LogP contribution >= 0.6 is 23.2 Å². The van der Waals surface area contributed by atoms with E-state index >= 15 is 0 Å². The Bertz CT molecular complexity index is 608. The van der Waals surface area contributed by atoms with Gasteiger partial charge >= 0.3 is 0 Å². The number of halogens is 3. The van der Waals surface area contributed by atoms with E-state index in [-0.39, 0.29) is 11.9 Å². The van der Waals surface area contributed by atoms with Crippen molar-refractivity contribution in [3.63, 3.8) is 0 Å². The molecule has 0 saturated carbocycles. The van der Waals surface area contributed by atoms with E-state index < -0.39 is 0 Å². The van der Waals surface area contributed by atoms with Gasteiger partial charge < -0.3 is 5.32 Å². The third kappa shape index (κ3) is 3.76. The van der Waals surface area contributed by atoms with Crippen LogP contribution < -0.4 is 5.32 Å². The molecule has 1 nitrogen and oxygen atoms in total. The first-order chi connectivity index (χ1) is 10.0. The summed E-state index contributed by atoms with van der Waals surface area (Å²) in [4.78, 5) is 0. The summed E-state index contributed by atoms with van der Waals surface area (Å²) in [6, 6.07) is 10.1. The molecule has 2 rings (SSSR count). The summed E-state index contributed by atoms with van der Waals surface area (Å²) in [5.74, 6) is -0.240. The fourth-order valence-corrected chi connectivity index (χ4v) is 3.02. The molecule has 0 aliphatic heterocycles. The van der Waals surface area contributed by atoms with Crippen molar-refractivity contribution < 1.29 is 4.39 Å². The highest BCUT2D eigenvalue weighted by Gasteiger charge is 2.21. The van der Waals surface area contributed by atoms with Crippen LogP contribution in [-0.4, -0.2) is 6.54 Å². The van der Waals surface area contributed by atoms with Gasteiger partial charge in [-0.3, -0.25) is 0 Å². The molecule has 0 bridgehead atoms. The van der Waals surface area contributed by atoms with E-state index in [0.29, 0.717) is 10.0 Å². The molecule has 21 heavy (non-hydrogen) atoms. The highest BCUT2D eigenvalue weighted by Crippen LogP contribution is 2.35. The van der Waals surface area contributed by atoms with Crippen LogP contribution in [0.1, 0.15) is 36.1 Å². The molecule has 0 heterocycles. The van der Waals surface area contributed by atoms with Gasteiger partial charge in [-0.05, 0) is 55.3 Å². The van der Waals surface area contributed by atoms with Crippen LogP contribution in [0.5, 0.6) is 0 Å². The van der Waals surface area contributed by atoms with Crippen LogP contribution in [0, 0.1) is 12.7 Å². The van der Waals surface area contributed by atoms with Gasteiger partial charge in [0, 0.05) is 15.6 Å². The summed E-state index contributed by atoms with van der Waals surface area (Å²) in [5.41, 5.74) is 2.70. The van der Waals surface area contributed by atoms with Gasteiger partial charge in [0.05, 0.1) is 6.04 Å². The maximum atomic E-state index is 13.4. The van der Waals surface area contributed by atoms with Crippen molar-refractivity contribution in [3.8, 4) is 0 Å². The first-order valence-corrected chi connectivity index (χ1v) is 7.73. The average molecular weight is 326 g/mol. The van der Waals surface area contributed by atoms with Crippen molar-refractivity contribution in [2.45, 2.75) is 26.3 Å². The maximum Gasteiger partial charge on any atom is 0.123 e. The van der Waals surface area contributed by atoms with Crippen LogP contribution in [0.4, 0.5) is 4.39 Å². The van der Waals surface area contributed by atoms with E-state index in [1.807, 2.05) is 25.1 Å². The maximum absolute atomic E-state index is 13.4. The lowest BCUT2D eigenvalue weighted by Gasteiger charge is -2.23. The number of hydrogen-bond acceptors (Lipinski definition) is 1. The highest BCUT2D eigenvalue weighted by molar-refractivity contribution is 6.36. The molecule has 4 heteroatoms. The van der Waals surface area contributed by atoms with E-state index in [4.69, 9.17) is 23.2 Å². The quantitative estimate of drug-likeness (QED) is 0.762. The molecule has 0 aliphatic rings. The minimum absolute atomic E-state index is 0.147. The second-order valence-electron chi connectivity index (χ2n) is 5.02. The van der Waals surface area contributed by atoms with Crippen LogP contribution in [-0.2, 0) is 0 Å². The monoisotopic (exact) mass is 325 g/mol. The van der Waals surface area contributed by atoms with Gasteiger partial charge in [0.1, 0.15) is 5.82 Å². The van der Waals surface area contributed by atoms with E-state index in [1.165, 1.54) is 12.1 Å². The molecule has 1 unspecified atom stereocenters. The second-order valence-corrected chi connectivity index (χ2v) is 5.84. The average Bonchev–Trinajstić information content (AvgIpc) is 2.43. The van der Waals surface area contributed by atoms with E-state index in [1.54, 1.807) is 6.07 Å². The summed E-state index contributed by atoms with van der Waals surface area (Å²) in [6.45, 7) is 4.81. The number of aryl methyl sites for hydroxylation is 1. The molecule has 2 aromatic carbocycles. The van der Waals surface area contributed by atoms with E-state index in [2.05, 4.69) is 12.2 Å². The Labute approximate surface area is 135 Å². The second kappa shape index (κ2) is 7.26. The molecule has 0 fully saturated rings. The van der Waals surface area contributed by atoms with Gasteiger partial charge in [-0.15, -0.1) is 0 Å². The van der Waals surface area contributed by atoms with Gasteiger partial charge in [0.15, 0.2) is 0 Å². The van der Waals surface area contributed by atoms with Gasteiger partial charge in [-0.25, -0.2) is 4.39 Å². The van der Waals surface area contributed by atoms with Crippen molar-refractivity contribution in [2.24, 2.45) is 0 Å². The first kappa shape index (κ1) is 16.3. The summed E-state index contributed by atoms with van der Waals surface area (Å²) in [7, 11) is 0. The van der Waals surface area contributed by atoms with Crippen LogP contribution in [0.15, 0.2) is 36.4 Å². The van der Waals surface area contributed by atoms with Gasteiger partial charge in [-0.2, -0.15) is 0 Å². The minimum Gasteiger partial charge on any atom is -0.306 e. The molecular weight excluding hydrogens is 308 g/mol. The summed E-state index contributed by atoms with van der Waals surface area (Å²) >= 11 is 12.7. The van der Waals surface area contributed by atoms with E-state index in [0.717, 1.165) is 29.7 Å². The molecule has 2 aromatic rings. The normalized spacial score (nSPS) is 12.4. The molecule has 112 valence electrons. The molecule has 0 aliphatic carbocycles. The predicted octanol–water partition coefficient (Wildman–Crippen LogP) is 5.53. The third-order valence-electron chi connectivity index (χ3n) is 3.43. The largest absolute Gasteiger partial charge is 0.306 e. The Morgan fingerprint density at radius 1 is 1.14 bits per heavy atom. The number of nitrogens with one attached hydrogen (secondary N) is 1.